The van der Waals surface area contributed by atoms with Gasteiger partial charge in [0.2, 0.25) is 0 Å². The largest absolute Gasteiger partial charge is 0.408 e. The molecule has 0 aliphatic rings. The second-order valence-electron chi connectivity index (χ2n) is 2.79. The van der Waals surface area contributed by atoms with E-state index < -0.39 is 0 Å². The minimum Gasteiger partial charge on any atom is -0.408 e. The molecule has 2 heterocycles. The average Bonchev–Trinajstić information content (AvgIpc) is 2.74. The van der Waals surface area contributed by atoms with Crippen LogP contribution in [-0.2, 0) is 6.42 Å². The smallest absolute Gasteiger partial charge is 0.284 e. The molecule has 1 N–H and O–H groups in total. The predicted octanol–water partition coefficient (Wildman–Crippen LogP) is 2.81. The minimum absolute atomic E-state index is 0.297. The number of thiazole rings is 1. The van der Waals surface area contributed by atoms with E-state index in [0.29, 0.717) is 10.7 Å². The van der Waals surface area contributed by atoms with Crippen LogP contribution >= 0.6 is 23.6 Å². The van der Waals surface area contributed by atoms with Crippen molar-refractivity contribution in [2.45, 2.75) is 19.8 Å². The standard InChI is InChI=1S/C8H9N3OS2/c1-2-3-6-9-4-5(14-6)7-10-11-8(13)12-7/h4H,2-3H2,1H3,(H,11,13). The molecule has 0 fully saturated rings. The Kier molecular flexibility index (Phi) is 2.74. The Morgan fingerprint density at radius 3 is 3.14 bits per heavy atom. The summed E-state index contributed by atoms with van der Waals surface area (Å²) in [4.78, 5) is 5.48. The van der Waals surface area contributed by atoms with Crippen molar-refractivity contribution in [2.24, 2.45) is 0 Å². The van der Waals surface area contributed by atoms with Gasteiger partial charge in [-0.05, 0) is 25.1 Å². The van der Waals surface area contributed by atoms with Crippen molar-refractivity contribution < 1.29 is 4.42 Å². The van der Waals surface area contributed by atoms with Crippen molar-refractivity contribution in [2.75, 3.05) is 0 Å². The second kappa shape index (κ2) is 4.02. The van der Waals surface area contributed by atoms with Crippen molar-refractivity contribution in [1.29, 1.82) is 0 Å². The molecule has 0 bridgehead atoms. The maximum Gasteiger partial charge on any atom is 0.284 e. The molecule has 2 aromatic heterocycles. The first-order valence-corrected chi connectivity index (χ1v) is 5.52. The molecule has 4 nitrogen and oxygen atoms in total. The van der Waals surface area contributed by atoms with Gasteiger partial charge in [-0.25, -0.2) is 10.1 Å². The van der Waals surface area contributed by atoms with E-state index in [2.05, 4.69) is 22.1 Å². The van der Waals surface area contributed by atoms with Crippen LogP contribution in [0.25, 0.3) is 10.8 Å². The lowest BCUT2D eigenvalue weighted by atomic mass is 10.4. The number of aromatic amines is 1. The fraction of sp³-hybridized carbons (Fsp3) is 0.375. The van der Waals surface area contributed by atoms with Gasteiger partial charge in [-0.3, -0.25) is 0 Å². The third kappa shape index (κ3) is 1.91. The van der Waals surface area contributed by atoms with Gasteiger partial charge in [0.25, 0.3) is 10.7 Å². The van der Waals surface area contributed by atoms with Gasteiger partial charge in [0.05, 0.1) is 11.2 Å². The summed E-state index contributed by atoms with van der Waals surface area (Å²) in [6.07, 6.45) is 3.86. The van der Waals surface area contributed by atoms with Crippen LogP contribution in [-0.4, -0.2) is 15.2 Å². The summed E-state index contributed by atoms with van der Waals surface area (Å²) in [6.45, 7) is 2.13. The highest BCUT2D eigenvalue weighted by atomic mass is 32.1. The van der Waals surface area contributed by atoms with E-state index in [0.717, 1.165) is 22.7 Å². The average molecular weight is 227 g/mol. The molecule has 2 aromatic rings. The molecular weight excluding hydrogens is 218 g/mol. The number of aromatic nitrogens is 3. The summed E-state index contributed by atoms with van der Waals surface area (Å²) < 4.78 is 5.18. The van der Waals surface area contributed by atoms with Crippen LogP contribution in [0.2, 0.25) is 0 Å². The van der Waals surface area contributed by atoms with Crippen LogP contribution in [0.4, 0.5) is 0 Å². The molecule has 0 spiro atoms. The number of hydrogen-bond donors (Lipinski definition) is 1. The van der Waals surface area contributed by atoms with E-state index in [1.807, 2.05) is 0 Å². The lowest BCUT2D eigenvalue weighted by Crippen LogP contribution is -1.76. The topological polar surface area (TPSA) is 54.7 Å². The van der Waals surface area contributed by atoms with Crippen LogP contribution in [0.15, 0.2) is 10.6 Å². The molecule has 0 unspecified atom stereocenters. The van der Waals surface area contributed by atoms with Gasteiger partial charge in [0.15, 0.2) is 0 Å². The summed E-state index contributed by atoms with van der Waals surface area (Å²) in [7, 11) is 0. The highest BCUT2D eigenvalue weighted by molar-refractivity contribution is 7.71. The van der Waals surface area contributed by atoms with Crippen LogP contribution in [0.1, 0.15) is 18.4 Å². The number of nitrogens with zero attached hydrogens (tertiary/aromatic N) is 2. The molecule has 0 aromatic carbocycles. The summed E-state index contributed by atoms with van der Waals surface area (Å²) in [5.74, 6) is 0.523. The number of rotatable bonds is 3. The fourth-order valence-electron chi connectivity index (χ4n) is 1.07. The van der Waals surface area contributed by atoms with Gasteiger partial charge >= 0.3 is 0 Å². The lowest BCUT2D eigenvalue weighted by molar-refractivity contribution is 0.553. The zero-order chi connectivity index (χ0) is 9.97. The Morgan fingerprint density at radius 2 is 2.50 bits per heavy atom. The SMILES string of the molecule is CCCc1ncc(-c2n[nH]c(=S)o2)s1. The lowest BCUT2D eigenvalue weighted by Gasteiger charge is -1.86. The molecule has 0 saturated carbocycles. The van der Waals surface area contributed by atoms with E-state index in [-0.39, 0.29) is 0 Å². The van der Waals surface area contributed by atoms with E-state index in [1.165, 1.54) is 0 Å². The molecule has 14 heavy (non-hydrogen) atoms. The Labute approximate surface area is 90.0 Å². The normalized spacial score (nSPS) is 10.6. The first-order valence-electron chi connectivity index (χ1n) is 4.30. The minimum atomic E-state index is 0.297. The highest BCUT2D eigenvalue weighted by Crippen LogP contribution is 2.24. The molecule has 0 amide bonds. The molecule has 6 heteroatoms. The molecular formula is C8H9N3OS2. The molecule has 0 aliphatic carbocycles. The molecule has 0 aliphatic heterocycles. The third-order valence-electron chi connectivity index (χ3n) is 1.67. The number of H-pyrrole nitrogens is 1. The van der Waals surface area contributed by atoms with E-state index in [4.69, 9.17) is 16.6 Å². The van der Waals surface area contributed by atoms with Gasteiger partial charge in [-0.1, -0.05) is 6.92 Å². The van der Waals surface area contributed by atoms with Crippen LogP contribution in [0.5, 0.6) is 0 Å². The summed E-state index contributed by atoms with van der Waals surface area (Å²) in [5.41, 5.74) is 0. The van der Waals surface area contributed by atoms with E-state index >= 15 is 0 Å². The molecule has 2 rings (SSSR count). The number of hydrogen-bond acceptors (Lipinski definition) is 5. The third-order valence-corrected chi connectivity index (χ3v) is 2.89. The van der Waals surface area contributed by atoms with Crippen LogP contribution < -0.4 is 0 Å². The summed E-state index contributed by atoms with van der Waals surface area (Å²) in [5, 5.41) is 7.62. The van der Waals surface area contributed by atoms with Gasteiger partial charge in [-0.2, -0.15) is 0 Å². The zero-order valence-electron chi connectivity index (χ0n) is 7.61. The Hall–Kier alpha value is -1.01. The first kappa shape index (κ1) is 9.54. The highest BCUT2D eigenvalue weighted by Gasteiger charge is 2.08. The van der Waals surface area contributed by atoms with Crippen LogP contribution in [0, 0.1) is 4.84 Å². The number of aryl methyl sites for hydroxylation is 1. The van der Waals surface area contributed by atoms with Crippen molar-refractivity contribution in [3.63, 3.8) is 0 Å². The van der Waals surface area contributed by atoms with E-state index in [1.54, 1.807) is 17.5 Å². The molecule has 0 radical (unpaired) electrons. The van der Waals surface area contributed by atoms with E-state index in [9.17, 15) is 0 Å². The van der Waals surface area contributed by atoms with Crippen molar-refractivity contribution >= 4 is 23.6 Å². The maximum absolute atomic E-state index is 5.18. The predicted molar refractivity (Wildman–Crippen MR) is 56.8 cm³/mol. The van der Waals surface area contributed by atoms with Gasteiger partial charge in [0, 0.05) is 0 Å². The van der Waals surface area contributed by atoms with Crippen LogP contribution in [0.3, 0.4) is 0 Å². The molecule has 0 saturated heterocycles. The Morgan fingerprint density at radius 1 is 1.64 bits per heavy atom. The zero-order valence-corrected chi connectivity index (χ0v) is 9.24. The monoisotopic (exact) mass is 227 g/mol. The Balaban J connectivity index is 2.28. The van der Waals surface area contributed by atoms with Crippen molar-refractivity contribution in [1.82, 2.24) is 15.2 Å². The van der Waals surface area contributed by atoms with Crippen molar-refractivity contribution in [3.8, 4) is 10.8 Å². The maximum atomic E-state index is 5.18. The Bertz CT molecular complexity index is 471. The van der Waals surface area contributed by atoms with Gasteiger partial charge < -0.3 is 4.42 Å². The quantitative estimate of drug-likeness (QED) is 0.819. The van der Waals surface area contributed by atoms with Gasteiger partial charge in [0.1, 0.15) is 4.88 Å². The molecule has 74 valence electrons. The molecule has 0 atom stereocenters. The fourth-order valence-corrected chi connectivity index (χ4v) is 2.14. The second-order valence-corrected chi connectivity index (χ2v) is 4.27. The summed E-state index contributed by atoms with van der Waals surface area (Å²) in [6, 6.07) is 0. The first-order chi connectivity index (χ1) is 6.79. The van der Waals surface area contributed by atoms with Gasteiger partial charge in [-0.15, -0.1) is 16.4 Å². The summed E-state index contributed by atoms with van der Waals surface area (Å²) >= 11 is 6.38. The number of nitrogens with one attached hydrogen (secondary N) is 1. The van der Waals surface area contributed by atoms with Crippen molar-refractivity contribution in [3.05, 3.63) is 16.0 Å².